The highest BCUT2D eigenvalue weighted by atomic mass is 19.1. The van der Waals surface area contributed by atoms with Crippen molar-refractivity contribution in [3.63, 3.8) is 0 Å². The molecule has 0 bridgehead atoms. The summed E-state index contributed by atoms with van der Waals surface area (Å²) in [6, 6.07) is 13.0. The van der Waals surface area contributed by atoms with Gasteiger partial charge in [-0.15, -0.1) is 0 Å². The number of halogens is 1. The first-order valence-corrected chi connectivity index (χ1v) is 9.42. The Hall–Kier alpha value is -3.68. The van der Waals surface area contributed by atoms with Crippen LogP contribution in [0.15, 0.2) is 48.5 Å². The van der Waals surface area contributed by atoms with Gasteiger partial charge in [0.1, 0.15) is 17.7 Å². The minimum Gasteiger partial charge on any atom is -0.497 e. The van der Waals surface area contributed by atoms with Crippen molar-refractivity contribution in [2.45, 2.75) is 13.0 Å². The molecule has 1 atom stereocenters. The number of amides is 2. The van der Waals surface area contributed by atoms with Crippen LogP contribution in [0.3, 0.4) is 0 Å². The first-order valence-electron chi connectivity index (χ1n) is 9.42. The molecule has 1 unspecified atom stereocenters. The van der Waals surface area contributed by atoms with Crippen molar-refractivity contribution in [3.05, 3.63) is 65.6 Å². The average Bonchev–Trinajstić information content (AvgIpc) is 3.11. The Morgan fingerprint density at radius 3 is 2.87 bits per heavy atom. The Labute approximate surface area is 172 Å². The third-order valence-corrected chi connectivity index (χ3v) is 4.90. The molecule has 2 amide bonds. The fourth-order valence-electron chi connectivity index (χ4n) is 3.44. The van der Waals surface area contributed by atoms with Gasteiger partial charge in [0.05, 0.1) is 37.0 Å². The minimum absolute atomic E-state index is 0.0541. The number of pyridine rings is 1. The van der Waals surface area contributed by atoms with Gasteiger partial charge in [0, 0.05) is 11.1 Å². The fourth-order valence-corrected chi connectivity index (χ4v) is 3.44. The molecular formula is C22H20FN3O4. The van der Waals surface area contributed by atoms with Crippen LogP contribution in [0.2, 0.25) is 0 Å². The van der Waals surface area contributed by atoms with Crippen LogP contribution in [0.4, 0.5) is 14.9 Å². The van der Waals surface area contributed by atoms with Crippen molar-refractivity contribution in [2.75, 3.05) is 25.1 Å². The van der Waals surface area contributed by atoms with Gasteiger partial charge in [-0.3, -0.25) is 14.7 Å². The van der Waals surface area contributed by atoms with E-state index >= 15 is 0 Å². The van der Waals surface area contributed by atoms with Crippen LogP contribution in [-0.2, 0) is 4.74 Å². The van der Waals surface area contributed by atoms with Crippen molar-refractivity contribution < 1.29 is 23.5 Å². The maximum absolute atomic E-state index is 13.8. The lowest BCUT2D eigenvalue weighted by molar-refractivity contribution is 0.0912. The van der Waals surface area contributed by atoms with Crippen molar-refractivity contribution in [1.29, 1.82) is 0 Å². The number of benzene rings is 2. The lowest BCUT2D eigenvalue weighted by Crippen LogP contribution is -2.35. The third-order valence-electron chi connectivity index (χ3n) is 4.90. The van der Waals surface area contributed by atoms with Crippen LogP contribution >= 0.6 is 0 Å². The van der Waals surface area contributed by atoms with Gasteiger partial charge in [0.2, 0.25) is 0 Å². The predicted molar refractivity (Wildman–Crippen MR) is 109 cm³/mol. The SMILES string of the molecule is COc1ccc2nc(C)cc(N3CC(CNC(=O)c4ccccc4F)OC3=O)c2c1. The highest BCUT2D eigenvalue weighted by molar-refractivity contribution is 6.02. The van der Waals surface area contributed by atoms with Crippen LogP contribution in [0.1, 0.15) is 16.1 Å². The highest BCUT2D eigenvalue weighted by Crippen LogP contribution is 2.32. The molecule has 4 rings (SSSR count). The van der Waals surface area contributed by atoms with Gasteiger partial charge in [0.25, 0.3) is 5.91 Å². The number of rotatable bonds is 5. The smallest absolute Gasteiger partial charge is 0.414 e. The van der Waals surface area contributed by atoms with Crippen LogP contribution in [0.25, 0.3) is 10.9 Å². The van der Waals surface area contributed by atoms with Gasteiger partial charge in [0.15, 0.2) is 0 Å². The molecule has 1 aliphatic rings. The second-order valence-electron chi connectivity index (χ2n) is 6.97. The molecule has 1 N–H and O–H groups in total. The second kappa shape index (κ2) is 7.98. The summed E-state index contributed by atoms with van der Waals surface area (Å²) < 4.78 is 24.5. The third kappa shape index (κ3) is 3.76. The van der Waals surface area contributed by atoms with Crippen LogP contribution < -0.4 is 15.0 Å². The maximum atomic E-state index is 13.8. The molecule has 1 aromatic heterocycles. The van der Waals surface area contributed by atoms with E-state index in [1.54, 1.807) is 13.2 Å². The summed E-state index contributed by atoms with van der Waals surface area (Å²) in [6.45, 7) is 2.16. The Balaban J connectivity index is 1.53. The van der Waals surface area contributed by atoms with Gasteiger partial charge in [-0.25, -0.2) is 9.18 Å². The number of aryl methyl sites for hydroxylation is 1. The molecule has 7 nitrogen and oxygen atoms in total. The molecule has 0 aliphatic carbocycles. The molecule has 30 heavy (non-hydrogen) atoms. The molecule has 1 fully saturated rings. The zero-order chi connectivity index (χ0) is 21.3. The van der Waals surface area contributed by atoms with Crippen molar-refractivity contribution in [3.8, 4) is 5.75 Å². The molecule has 1 saturated heterocycles. The fraction of sp³-hybridized carbons (Fsp3) is 0.227. The second-order valence-corrected chi connectivity index (χ2v) is 6.97. The summed E-state index contributed by atoms with van der Waals surface area (Å²) in [5.41, 5.74) is 2.09. The van der Waals surface area contributed by atoms with E-state index in [1.807, 2.05) is 31.2 Å². The number of fused-ring (bicyclic) bond motifs is 1. The molecule has 154 valence electrons. The molecule has 3 aromatic rings. The van der Waals surface area contributed by atoms with E-state index in [9.17, 15) is 14.0 Å². The van der Waals surface area contributed by atoms with Gasteiger partial charge in [-0.2, -0.15) is 0 Å². The maximum Gasteiger partial charge on any atom is 0.414 e. The molecule has 0 radical (unpaired) electrons. The number of nitrogens with one attached hydrogen (secondary N) is 1. The number of hydrogen-bond donors (Lipinski definition) is 1. The van der Waals surface area contributed by atoms with Crippen LogP contribution in [0, 0.1) is 12.7 Å². The number of carbonyl (C=O) groups excluding carboxylic acids is 2. The summed E-state index contributed by atoms with van der Waals surface area (Å²) in [4.78, 5) is 30.8. The Bertz CT molecular complexity index is 1130. The Kier molecular flexibility index (Phi) is 5.22. The van der Waals surface area contributed by atoms with E-state index in [0.29, 0.717) is 11.4 Å². The number of nitrogens with zero attached hydrogens (tertiary/aromatic N) is 2. The number of methoxy groups -OCH3 is 1. The zero-order valence-corrected chi connectivity index (χ0v) is 16.5. The summed E-state index contributed by atoms with van der Waals surface area (Å²) >= 11 is 0. The van der Waals surface area contributed by atoms with Gasteiger partial charge in [-0.05, 0) is 43.3 Å². The lowest BCUT2D eigenvalue weighted by Gasteiger charge is -2.17. The molecular weight excluding hydrogens is 389 g/mol. The normalized spacial score (nSPS) is 15.9. The summed E-state index contributed by atoms with van der Waals surface area (Å²) in [6.07, 6.45) is -1.09. The summed E-state index contributed by atoms with van der Waals surface area (Å²) in [7, 11) is 1.57. The molecule has 2 heterocycles. The zero-order valence-electron chi connectivity index (χ0n) is 16.5. The topological polar surface area (TPSA) is 80.8 Å². The highest BCUT2D eigenvalue weighted by Gasteiger charge is 2.34. The van der Waals surface area contributed by atoms with Gasteiger partial charge in [-0.1, -0.05) is 12.1 Å². The lowest BCUT2D eigenvalue weighted by atomic mass is 10.1. The molecule has 1 aliphatic heterocycles. The number of carbonyl (C=O) groups is 2. The molecule has 8 heteroatoms. The number of aromatic nitrogens is 1. The summed E-state index contributed by atoms with van der Waals surface area (Å²) in [5.74, 6) is -0.513. The standard InChI is InChI=1S/C22H20FN3O4/c1-13-9-20(17-10-14(29-2)7-8-19(17)25-13)26-12-15(30-22(26)28)11-24-21(27)16-5-3-4-6-18(16)23/h3-10,15H,11-12H2,1-2H3,(H,24,27). The van der Waals surface area contributed by atoms with E-state index in [-0.39, 0.29) is 18.7 Å². The largest absolute Gasteiger partial charge is 0.497 e. The monoisotopic (exact) mass is 409 g/mol. The first-order chi connectivity index (χ1) is 14.5. The van der Waals surface area contributed by atoms with E-state index in [4.69, 9.17) is 9.47 Å². The molecule has 0 spiro atoms. The van der Waals surface area contributed by atoms with E-state index in [2.05, 4.69) is 10.3 Å². The molecule has 2 aromatic carbocycles. The van der Waals surface area contributed by atoms with Gasteiger partial charge < -0.3 is 14.8 Å². The Morgan fingerprint density at radius 1 is 1.30 bits per heavy atom. The molecule has 0 saturated carbocycles. The average molecular weight is 409 g/mol. The number of hydrogen-bond acceptors (Lipinski definition) is 5. The Morgan fingerprint density at radius 2 is 2.10 bits per heavy atom. The number of ether oxygens (including phenoxy) is 2. The van der Waals surface area contributed by atoms with Crippen LogP contribution in [0.5, 0.6) is 5.75 Å². The predicted octanol–water partition coefficient (Wildman–Crippen LogP) is 3.45. The van der Waals surface area contributed by atoms with Crippen molar-refractivity contribution in [2.24, 2.45) is 0 Å². The van der Waals surface area contributed by atoms with Crippen LogP contribution in [-0.4, -0.2) is 43.3 Å². The quantitative estimate of drug-likeness (QED) is 0.698. The first kappa shape index (κ1) is 19.6. The van der Waals surface area contributed by atoms with E-state index in [0.717, 1.165) is 16.6 Å². The number of cyclic esters (lactones) is 1. The van der Waals surface area contributed by atoms with Gasteiger partial charge >= 0.3 is 6.09 Å². The summed E-state index contributed by atoms with van der Waals surface area (Å²) in [5, 5.41) is 3.38. The van der Waals surface area contributed by atoms with E-state index in [1.165, 1.54) is 23.1 Å². The van der Waals surface area contributed by atoms with E-state index < -0.39 is 23.9 Å². The number of anilines is 1. The van der Waals surface area contributed by atoms with Crippen molar-refractivity contribution >= 4 is 28.6 Å². The van der Waals surface area contributed by atoms with Crippen molar-refractivity contribution in [1.82, 2.24) is 10.3 Å². The minimum atomic E-state index is -0.604.